The van der Waals surface area contributed by atoms with Gasteiger partial charge in [-0.1, -0.05) is 39.0 Å². The van der Waals surface area contributed by atoms with E-state index in [0.29, 0.717) is 6.54 Å². The molecule has 26 heavy (non-hydrogen) atoms. The summed E-state index contributed by atoms with van der Waals surface area (Å²) in [5.74, 6) is 0.976. The van der Waals surface area contributed by atoms with Crippen molar-refractivity contribution in [2.75, 3.05) is 37.6 Å². The standard InChI is InChI=1S/C21H29N3O2/c1-21(2,3)20(25)22-16-18(19-10-7-15-26-19)24-13-11-23(12-14-24)17-8-5-4-6-9-17/h4-10,15,18H,11-14,16H2,1-3H3,(H,22,25)/t18-/m0/s1. The van der Waals surface area contributed by atoms with Gasteiger partial charge in [-0.3, -0.25) is 9.69 Å². The zero-order chi connectivity index (χ0) is 18.6. The quantitative estimate of drug-likeness (QED) is 0.894. The van der Waals surface area contributed by atoms with Gasteiger partial charge < -0.3 is 14.6 Å². The number of carbonyl (C=O) groups excluding carboxylic acids is 1. The number of hydrogen-bond donors (Lipinski definition) is 1. The first kappa shape index (κ1) is 18.5. The van der Waals surface area contributed by atoms with Gasteiger partial charge in [0.1, 0.15) is 5.76 Å². The lowest BCUT2D eigenvalue weighted by atomic mass is 9.95. The van der Waals surface area contributed by atoms with Crippen LogP contribution in [0.15, 0.2) is 53.1 Å². The van der Waals surface area contributed by atoms with Crippen LogP contribution in [-0.4, -0.2) is 43.5 Å². The zero-order valence-electron chi connectivity index (χ0n) is 15.9. The van der Waals surface area contributed by atoms with E-state index in [1.807, 2.05) is 39.0 Å². The number of rotatable bonds is 5. The Balaban J connectivity index is 1.64. The molecule has 1 saturated heterocycles. The first-order valence-electron chi connectivity index (χ1n) is 9.31. The molecule has 1 N–H and O–H groups in total. The molecule has 2 heterocycles. The van der Waals surface area contributed by atoms with E-state index in [2.05, 4.69) is 39.4 Å². The molecule has 0 saturated carbocycles. The summed E-state index contributed by atoms with van der Waals surface area (Å²) in [5, 5.41) is 3.10. The van der Waals surface area contributed by atoms with Gasteiger partial charge in [0.15, 0.2) is 0 Å². The van der Waals surface area contributed by atoms with E-state index in [0.717, 1.165) is 31.9 Å². The second-order valence-corrected chi connectivity index (χ2v) is 7.85. The fourth-order valence-corrected chi connectivity index (χ4v) is 3.28. The molecule has 1 fully saturated rings. The van der Waals surface area contributed by atoms with Crippen LogP contribution in [0.4, 0.5) is 5.69 Å². The molecule has 2 aromatic rings. The number of benzene rings is 1. The second kappa shape index (κ2) is 7.96. The molecule has 1 aliphatic rings. The summed E-state index contributed by atoms with van der Waals surface area (Å²) in [5.41, 5.74) is 0.877. The van der Waals surface area contributed by atoms with E-state index in [1.54, 1.807) is 6.26 Å². The largest absolute Gasteiger partial charge is 0.468 e. The molecule has 1 aromatic heterocycles. The van der Waals surface area contributed by atoms with Gasteiger partial charge in [0.25, 0.3) is 0 Å². The van der Waals surface area contributed by atoms with Crippen LogP contribution < -0.4 is 10.2 Å². The molecule has 1 aliphatic heterocycles. The van der Waals surface area contributed by atoms with E-state index in [4.69, 9.17) is 4.42 Å². The smallest absolute Gasteiger partial charge is 0.225 e. The molecule has 0 radical (unpaired) electrons. The second-order valence-electron chi connectivity index (χ2n) is 7.85. The van der Waals surface area contributed by atoms with Gasteiger partial charge in [-0.15, -0.1) is 0 Å². The lowest BCUT2D eigenvalue weighted by molar-refractivity contribution is -0.128. The topological polar surface area (TPSA) is 48.7 Å². The highest BCUT2D eigenvalue weighted by molar-refractivity contribution is 5.81. The maximum absolute atomic E-state index is 12.3. The minimum Gasteiger partial charge on any atom is -0.468 e. The molecule has 5 nitrogen and oxygen atoms in total. The van der Waals surface area contributed by atoms with Crippen LogP contribution in [0, 0.1) is 5.41 Å². The molecular formula is C21H29N3O2. The zero-order valence-corrected chi connectivity index (χ0v) is 15.9. The lowest BCUT2D eigenvalue weighted by Crippen LogP contribution is -2.50. The fourth-order valence-electron chi connectivity index (χ4n) is 3.28. The third-order valence-corrected chi connectivity index (χ3v) is 4.89. The Bertz CT molecular complexity index is 684. The molecule has 1 aromatic carbocycles. The number of nitrogens with one attached hydrogen (secondary N) is 1. The van der Waals surface area contributed by atoms with E-state index in [9.17, 15) is 4.79 Å². The number of anilines is 1. The van der Waals surface area contributed by atoms with Crippen LogP contribution in [0.25, 0.3) is 0 Å². The Morgan fingerprint density at radius 2 is 1.77 bits per heavy atom. The van der Waals surface area contributed by atoms with Gasteiger partial charge in [0.05, 0.1) is 12.3 Å². The molecule has 3 rings (SSSR count). The average molecular weight is 355 g/mol. The van der Waals surface area contributed by atoms with Gasteiger partial charge in [0.2, 0.25) is 5.91 Å². The summed E-state index contributed by atoms with van der Waals surface area (Å²) in [6, 6.07) is 14.5. The summed E-state index contributed by atoms with van der Waals surface area (Å²) in [6.07, 6.45) is 1.70. The maximum atomic E-state index is 12.3. The number of hydrogen-bond acceptors (Lipinski definition) is 4. The van der Waals surface area contributed by atoms with Crippen molar-refractivity contribution >= 4 is 11.6 Å². The molecule has 140 valence electrons. The number of furan rings is 1. The summed E-state index contributed by atoms with van der Waals surface area (Å²) in [6.45, 7) is 10.2. The minimum atomic E-state index is -0.389. The Morgan fingerprint density at radius 1 is 1.08 bits per heavy atom. The maximum Gasteiger partial charge on any atom is 0.225 e. The minimum absolute atomic E-state index is 0.0641. The van der Waals surface area contributed by atoms with Crippen molar-refractivity contribution in [1.82, 2.24) is 10.2 Å². The molecule has 1 atom stereocenters. The van der Waals surface area contributed by atoms with Crippen LogP contribution in [0.3, 0.4) is 0 Å². The average Bonchev–Trinajstić information content (AvgIpc) is 3.16. The van der Waals surface area contributed by atoms with Gasteiger partial charge in [-0.05, 0) is 24.3 Å². The van der Waals surface area contributed by atoms with Crippen molar-refractivity contribution in [1.29, 1.82) is 0 Å². The van der Waals surface area contributed by atoms with E-state index in [1.165, 1.54) is 5.69 Å². The van der Waals surface area contributed by atoms with Crippen molar-refractivity contribution < 1.29 is 9.21 Å². The Hall–Kier alpha value is -2.27. The first-order chi connectivity index (χ1) is 12.4. The predicted molar refractivity (Wildman–Crippen MR) is 104 cm³/mol. The normalized spacial score (nSPS) is 17.1. The van der Waals surface area contributed by atoms with Crippen LogP contribution in [-0.2, 0) is 4.79 Å². The molecule has 0 unspecified atom stereocenters. The highest BCUT2D eigenvalue weighted by Gasteiger charge is 2.29. The molecule has 0 bridgehead atoms. The Kier molecular flexibility index (Phi) is 5.67. The summed E-state index contributed by atoms with van der Waals surface area (Å²) in [7, 11) is 0. The lowest BCUT2D eigenvalue weighted by Gasteiger charge is -2.39. The molecular weight excluding hydrogens is 326 g/mol. The third-order valence-electron chi connectivity index (χ3n) is 4.89. The number of amides is 1. The molecule has 1 amide bonds. The summed E-state index contributed by atoms with van der Waals surface area (Å²) in [4.78, 5) is 17.1. The number of para-hydroxylation sites is 1. The monoisotopic (exact) mass is 355 g/mol. The van der Waals surface area contributed by atoms with E-state index >= 15 is 0 Å². The van der Waals surface area contributed by atoms with Crippen molar-refractivity contribution in [2.45, 2.75) is 26.8 Å². The highest BCUT2D eigenvalue weighted by atomic mass is 16.3. The fraction of sp³-hybridized carbons (Fsp3) is 0.476. The molecule has 5 heteroatoms. The first-order valence-corrected chi connectivity index (χ1v) is 9.31. The highest BCUT2D eigenvalue weighted by Crippen LogP contribution is 2.25. The van der Waals surface area contributed by atoms with Crippen LogP contribution in [0.5, 0.6) is 0 Å². The predicted octanol–water partition coefficient (Wildman–Crippen LogP) is 3.31. The Morgan fingerprint density at radius 3 is 2.35 bits per heavy atom. The van der Waals surface area contributed by atoms with Crippen molar-refractivity contribution in [3.63, 3.8) is 0 Å². The number of carbonyl (C=O) groups is 1. The number of nitrogens with zero attached hydrogens (tertiary/aromatic N) is 2. The van der Waals surface area contributed by atoms with E-state index < -0.39 is 0 Å². The van der Waals surface area contributed by atoms with Gasteiger partial charge in [0, 0.05) is 43.8 Å². The van der Waals surface area contributed by atoms with Gasteiger partial charge in [-0.25, -0.2) is 0 Å². The summed E-state index contributed by atoms with van der Waals surface area (Å²) < 4.78 is 5.67. The van der Waals surface area contributed by atoms with Crippen molar-refractivity contribution in [3.8, 4) is 0 Å². The SMILES string of the molecule is CC(C)(C)C(=O)NC[C@@H](c1ccco1)N1CCN(c2ccccc2)CC1. The number of piperazine rings is 1. The van der Waals surface area contributed by atoms with Gasteiger partial charge >= 0.3 is 0 Å². The van der Waals surface area contributed by atoms with Crippen LogP contribution in [0.1, 0.15) is 32.6 Å². The molecule has 0 spiro atoms. The van der Waals surface area contributed by atoms with Crippen molar-refractivity contribution in [2.24, 2.45) is 5.41 Å². The van der Waals surface area contributed by atoms with E-state index in [-0.39, 0.29) is 17.4 Å². The van der Waals surface area contributed by atoms with Gasteiger partial charge in [-0.2, -0.15) is 0 Å². The summed E-state index contributed by atoms with van der Waals surface area (Å²) >= 11 is 0. The third kappa shape index (κ3) is 4.47. The van der Waals surface area contributed by atoms with Crippen LogP contribution in [0.2, 0.25) is 0 Å². The van der Waals surface area contributed by atoms with Crippen molar-refractivity contribution in [3.05, 3.63) is 54.5 Å². The van der Waals surface area contributed by atoms with Crippen LogP contribution >= 0.6 is 0 Å². The molecule has 0 aliphatic carbocycles. The Labute approximate surface area is 156 Å².